The van der Waals surface area contributed by atoms with Gasteiger partial charge in [-0.15, -0.1) is 0 Å². The first-order valence-electron chi connectivity index (χ1n) is 9.14. The lowest BCUT2D eigenvalue weighted by Gasteiger charge is -2.20. The van der Waals surface area contributed by atoms with Gasteiger partial charge in [-0.25, -0.2) is 18.1 Å². The van der Waals surface area contributed by atoms with Gasteiger partial charge in [-0.1, -0.05) is 6.07 Å². The van der Waals surface area contributed by atoms with Crippen LogP contribution in [0.4, 0.5) is 5.69 Å². The van der Waals surface area contributed by atoms with Gasteiger partial charge in [0.25, 0.3) is 5.91 Å². The number of anilines is 1. The minimum absolute atomic E-state index is 0.0823. The highest BCUT2D eigenvalue weighted by Gasteiger charge is 2.23. The van der Waals surface area contributed by atoms with Crippen molar-refractivity contribution >= 4 is 32.7 Å². The third kappa shape index (κ3) is 4.46. The van der Waals surface area contributed by atoms with E-state index in [1.807, 2.05) is 13.8 Å². The molecule has 0 aliphatic carbocycles. The summed E-state index contributed by atoms with van der Waals surface area (Å²) < 4.78 is 29.4. The standard InChI is InChI=1S/C20H25N5O3S/c1-12-10-16(17-13(2)23-25(6)18(17)21-12)19(26)22-14-8-7-9-15(11-14)29(27,28)24-20(3,4)5/h7-11,24H,1-6H3,(H,22,26). The van der Waals surface area contributed by atoms with Crippen molar-refractivity contribution < 1.29 is 13.2 Å². The SMILES string of the molecule is Cc1cc(C(=O)Nc2cccc(S(=O)(=O)NC(C)(C)C)c2)c2c(C)nn(C)c2n1. The molecule has 0 radical (unpaired) electrons. The Bertz CT molecular complexity index is 1210. The predicted octanol–water partition coefficient (Wildman–Crippen LogP) is 2.91. The Morgan fingerprint density at radius 1 is 1.14 bits per heavy atom. The van der Waals surface area contributed by atoms with Crippen LogP contribution in [-0.4, -0.2) is 34.6 Å². The summed E-state index contributed by atoms with van der Waals surface area (Å²) in [4.78, 5) is 17.5. The Balaban J connectivity index is 1.96. The van der Waals surface area contributed by atoms with E-state index in [-0.39, 0.29) is 10.8 Å². The van der Waals surface area contributed by atoms with Gasteiger partial charge in [-0.05, 0) is 58.9 Å². The Morgan fingerprint density at radius 3 is 2.48 bits per heavy atom. The van der Waals surface area contributed by atoms with E-state index in [1.54, 1.807) is 50.7 Å². The summed E-state index contributed by atoms with van der Waals surface area (Å²) in [6.45, 7) is 8.93. The number of hydrogen-bond donors (Lipinski definition) is 2. The molecule has 0 aliphatic heterocycles. The third-order valence-corrected chi connectivity index (χ3v) is 5.94. The van der Waals surface area contributed by atoms with E-state index in [2.05, 4.69) is 20.1 Å². The predicted molar refractivity (Wildman–Crippen MR) is 112 cm³/mol. The topological polar surface area (TPSA) is 106 Å². The van der Waals surface area contributed by atoms with Crippen LogP contribution in [0.5, 0.6) is 0 Å². The molecule has 29 heavy (non-hydrogen) atoms. The van der Waals surface area contributed by atoms with Crippen molar-refractivity contribution in [3.63, 3.8) is 0 Å². The molecule has 0 fully saturated rings. The Kier molecular flexibility index (Phi) is 5.22. The van der Waals surface area contributed by atoms with Gasteiger partial charge >= 0.3 is 0 Å². The average Bonchev–Trinajstić information content (AvgIpc) is 2.86. The molecule has 0 bridgehead atoms. The molecule has 2 heterocycles. The number of fused-ring (bicyclic) bond motifs is 1. The van der Waals surface area contributed by atoms with Crippen molar-refractivity contribution in [3.8, 4) is 0 Å². The number of amides is 1. The molecule has 1 amide bonds. The van der Waals surface area contributed by atoms with Gasteiger partial charge in [0, 0.05) is 24.0 Å². The number of hydrogen-bond acceptors (Lipinski definition) is 5. The number of nitrogens with zero attached hydrogens (tertiary/aromatic N) is 3. The maximum absolute atomic E-state index is 13.0. The van der Waals surface area contributed by atoms with Crippen LogP contribution in [0.3, 0.4) is 0 Å². The normalized spacial score (nSPS) is 12.3. The summed E-state index contributed by atoms with van der Waals surface area (Å²) in [5, 5.41) is 7.82. The molecule has 154 valence electrons. The zero-order valence-corrected chi connectivity index (χ0v) is 18.2. The van der Waals surface area contributed by atoms with Crippen LogP contribution >= 0.6 is 0 Å². The molecule has 3 aromatic rings. The van der Waals surface area contributed by atoms with Gasteiger partial charge in [-0.2, -0.15) is 5.10 Å². The molecule has 8 nitrogen and oxygen atoms in total. The number of benzene rings is 1. The first-order valence-corrected chi connectivity index (χ1v) is 10.6. The van der Waals surface area contributed by atoms with E-state index in [4.69, 9.17) is 0 Å². The van der Waals surface area contributed by atoms with Crippen molar-refractivity contribution in [2.75, 3.05) is 5.32 Å². The Hall–Kier alpha value is -2.78. The van der Waals surface area contributed by atoms with Crippen LogP contribution in [0.2, 0.25) is 0 Å². The van der Waals surface area contributed by atoms with Crippen LogP contribution in [0, 0.1) is 13.8 Å². The summed E-state index contributed by atoms with van der Waals surface area (Å²) in [6, 6.07) is 7.87. The van der Waals surface area contributed by atoms with E-state index in [1.165, 1.54) is 12.1 Å². The second-order valence-electron chi connectivity index (χ2n) is 8.06. The quantitative estimate of drug-likeness (QED) is 0.681. The maximum Gasteiger partial charge on any atom is 0.256 e. The van der Waals surface area contributed by atoms with Crippen LogP contribution in [0.15, 0.2) is 35.2 Å². The third-order valence-electron chi connectivity index (χ3n) is 4.18. The number of pyridine rings is 1. The average molecular weight is 416 g/mol. The van der Waals surface area contributed by atoms with Crippen molar-refractivity contribution in [1.82, 2.24) is 19.5 Å². The molecular weight excluding hydrogens is 390 g/mol. The largest absolute Gasteiger partial charge is 0.322 e. The van der Waals surface area contributed by atoms with Crippen molar-refractivity contribution in [2.24, 2.45) is 7.05 Å². The summed E-state index contributed by atoms with van der Waals surface area (Å²) in [5.74, 6) is -0.352. The van der Waals surface area contributed by atoms with Crippen LogP contribution in [-0.2, 0) is 17.1 Å². The second kappa shape index (κ2) is 7.23. The van der Waals surface area contributed by atoms with E-state index >= 15 is 0 Å². The number of carbonyl (C=O) groups excluding carboxylic acids is 1. The number of aryl methyl sites for hydroxylation is 3. The number of carbonyl (C=O) groups is 1. The first-order chi connectivity index (χ1) is 13.4. The highest BCUT2D eigenvalue weighted by Crippen LogP contribution is 2.24. The minimum Gasteiger partial charge on any atom is -0.322 e. The van der Waals surface area contributed by atoms with Crippen LogP contribution < -0.4 is 10.0 Å². The van der Waals surface area contributed by atoms with Gasteiger partial charge in [0.1, 0.15) is 0 Å². The lowest BCUT2D eigenvalue weighted by Crippen LogP contribution is -2.40. The Labute approximate surface area is 170 Å². The zero-order chi connectivity index (χ0) is 21.6. The number of aromatic nitrogens is 3. The summed E-state index contributed by atoms with van der Waals surface area (Å²) in [5.41, 5.74) is 2.23. The number of sulfonamides is 1. The molecule has 0 saturated heterocycles. The molecule has 2 aromatic heterocycles. The second-order valence-corrected chi connectivity index (χ2v) is 9.74. The number of rotatable bonds is 4. The molecule has 2 N–H and O–H groups in total. The Morgan fingerprint density at radius 2 is 1.83 bits per heavy atom. The first kappa shape index (κ1) is 20.9. The molecule has 1 aromatic carbocycles. The van der Waals surface area contributed by atoms with E-state index in [0.717, 1.165) is 0 Å². The van der Waals surface area contributed by atoms with Gasteiger partial charge in [0.05, 0.1) is 21.5 Å². The lowest BCUT2D eigenvalue weighted by molar-refractivity contribution is 0.102. The van der Waals surface area contributed by atoms with Crippen LogP contribution in [0.25, 0.3) is 11.0 Å². The molecule has 0 unspecified atom stereocenters. The van der Waals surface area contributed by atoms with Crippen molar-refractivity contribution in [3.05, 3.63) is 47.3 Å². The highest BCUT2D eigenvalue weighted by molar-refractivity contribution is 7.89. The molecule has 0 spiro atoms. The zero-order valence-electron chi connectivity index (χ0n) is 17.4. The van der Waals surface area contributed by atoms with Crippen molar-refractivity contribution in [2.45, 2.75) is 45.1 Å². The smallest absolute Gasteiger partial charge is 0.256 e. The molecule has 0 saturated carbocycles. The fourth-order valence-electron chi connectivity index (χ4n) is 3.15. The fraction of sp³-hybridized carbons (Fsp3) is 0.350. The molecule has 3 rings (SSSR count). The van der Waals surface area contributed by atoms with E-state index in [0.29, 0.717) is 33.7 Å². The van der Waals surface area contributed by atoms with Gasteiger partial charge < -0.3 is 5.32 Å². The summed E-state index contributed by atoms with van der Waals surface area (Å²) in [6.07, 6.45) is 0. The summed E-state index contributed by atoms with van der Waals surface area (Å²) in [7, 11) is -1.93. The highest BCUT2D eigenvalue weighted by atomic mass is 32.2. The monoisotopic (exact) mass is 415 g/mol. The maximum atomic E-state index is 13.0. The van der Waals surface area contributed by atoms with E-state index in [9.17, 15) is 13.2 Å². The summed E-state index contributed by atoms with van der Waals surface area (Å²) >= 11 is 0. The van der Waals surface area contributed by atoms with Gasteiger partial charge in [0.2, 0.25) is 10.0 Å². The van der Waals surface area contributed by atoms with E-state index < -0.39 is 15.6 Å². The lowest BCUT2D eigenvalue weighted by atomic mass is 10.1. The molecular formula is C20H25N5O3S. The van der Waals surface area contributed by atoms with Gasteiger partial charge in [-0.3, -0.25) is 9.48 Å². The number of nitrogens with one attached hydrogen (secondary N) is 2. The molecule has 9 heteroatoms. The van der Waals surface area contributed by atoms with Crippen LogP contribution in [0.1, 0.15) is 42.5 Å². The van der Waals surface area contributed by atoms with Crippen molar-refractivity contribution in [1.29, 1.82) is 0 Å². The minimum atomic E-state index is -3.71. The van der Waals surface area contributed by atoms with Gasteiger partial charge in [0.15, 0.2) is 5.65 Å². The molecule has 0 atom stereocenters. The fourth-order valence-corrected chi connectivity index (χ4v) is 4.61. The molecule has 0 aliphatic rings.